The Labute approximate surface area is 650 Å². The highest BCUT2D eigenvalue weighted by atomic mass is 16.7. The van der Waals surface area contributed by atoms with Gasteiger partial charge < -0.3 is 28.5 Å². The van der Waals surface area contributed by atoms with E-state index in [-0.39, 0.29) is 32.2 Å². The SMILES string of the molecule is CC/C=C\C/C=C\C/C=C\C/C=C\C/C=C\C/C=C\C/C=C\C/C=C\C/C=C\C/C=C\CCCCCCCCCCCCC(=O)OC(COC(=O)CCCCCCCCCCCCCCCCCCCCCCCCCCCCCCCCCCCCCCCCC)COC(OCC[N+](C)(C)C)C(=O)O. The van der Waals surface area contributed by atoms with Gasteiger partial charge in [0.15, 0.2) is 6.10 Å². The summed E-state index contributed by atoms with van der Waals surface area (Å²) in [5, 5.41) is 9.79. The standard InChI is InChI=1S/C96H169NO8/c1-6-8-10-12-14-16-18-20-22-24-26-28-30-32-34-36-38-40-42-44-46-47-49-51-53-55-57-59-61-63-65-67-69-71-73-75-77-79-81-83-85-87-94(99)105-92(91-104-96(95(100)101)102-89-88-97(3,4)5)90-103-93(98)86-84-82-80-78-76-74-72-70-68-66-64-62-60-58-56-54-52-50-48-45-43-41-39-37-35-33-31-29-27-25-23-21-19-17-15-13-11-9-7-2/h8,10,14,16,20,22,26,28,32,34,38,40,44,46,49,51,55,57,61,63,92,96H,6-7,9,11-13,15,17-19,21,23-25,27,29-31,33,35-37,39,41-43,45,47-48,50,52-54,56,58-60,62,64-91H2,1-5H3/p+1/b10-8-,16-14-,22-20-,28-26-,34-32-,40-38-,46-44-,51-49-,57-55-,63-61-. The predicted octanol–water partition coefficient (Wildman–Crippen LogP) is 29.4. The second kappa shape index (κ2) is 85.3. The van der Waals surface area contributed by atoms with Crippen LogP contribution in [0.5, 0.6) is 0 Å². The number of allylic oxidation sites excluding steroid dienone is 20. The lowest BCUT2D eigenvalue weighted by Crippen LogP contribution is -2.40. The number of carboxylic acids is 1. The number of hydrogen-bond acceptors (Lipinski definition) is 7. The van der Waals surface area contributed by atoms with Crippen LogP contribution in [0, 0.1) is 0 Å². The van der Waals surface area contributed by atoms with Crippen LogP contribution in [-0.4, -0.2) is 87.4 Å². The topological polar surface area (TPSA) is 108 Å². The Morgan fingerprint density at radius 2 is 0.543 bits per heavy atom. The summed E-state index contributed by atoms with van der Waals surface area (Å²) in [6, 6.07) is 0. The molecule has 9 nitrogen and oxygen atoms in total. The molecule has 0 fully saturated rings. The van der Waals surface area contributed by atoms with Crippen molar-refractivity contribution < 1.29 is 42.9 Å². The van der Waals surface area contributed by atoms with Crippen LogP contribution in [0.1, 0.15) is 412 Å². The van der Waals surface area contributed by atoms with Gasteiger partial charge in [0.1, 0.15) is 13.2 Å². The molecular weight excluding hydrogens is 1300 g/mol. The lowest BCUT2D eigenvalue weighted by Gasteiger charge is -2.25. The Bertz CT molecular complexity index is 2160. The molecule has 0 bridgehead atoms. The van der Waals surface area contributed by atoms with E-state index in [1.807, 2.05) is 21.1 Å². The van der Waals surface area contributed by atoms with Crippen molar-refractivity contribution in [1.29, 1.82) is 0 Å². The molecule has 0 amide bonds. The van der Waals surface area contributed by atoms with Crippen LogP contribution in [0.15, 0.2) is 122 Å². The first kappa shape index (κ1) is 101. The Hall–Kier alpha value is -4.31. The second-order valence-corrected chi connectivity index (χ2v) is 31.2. The van der Waals surface area contributed by atoms with E-state index in [9.17, 15) is 19.5 Å². The molecule has 105 heavy (non-hydrogen) atoms. The molecule has 1 N–H and O–H groups in total. The van der Waals surface area contributed by atoms with Gasteiger partial charge in [-0.05, 0) is 89.9 Å². The first-order chi connectivity index (χ1) is 51.6. The highest BCUT2D eigenvalue weighted by Gasteiger charge is 2.25. The number of likely N-dealkylation sites (N-methyl/N-ethyl adjacent to an activating group) is 1. The lowest BCUT2D eigenvalue weighted by atomic mass is 10.0. The van der Waals surface area contributed by atoms with Gasteiger partial charge in [0.05, 0.1) is 34.4 Å². The number of nitrogens with zero attached hydrogens (tertiary/aromatic N) is 1. The number of ether oxygens (including phenoxy) is 4. The quantitative estimate of drug-likeness (QED) is 0.0211. The van der Waals surface area contributed by atoms with E-state index in [4.69, 9.17) is 18.9 Å². The van der Waals surface area contributed by atoms with E-state index >= 15 is 0 Å². The van der Waals surface area contributed by atoms with Crippen molar-refractivity contribution in [2.75, 3.05) is 47.5 Å². The molecule has 0 aromatic heterocycles. The summed E-state index contributed by atoms with van der Waals surface area (Å²) in [7, 11) is 5.99. The van der Waals surface area contributed by atoms with Crippen molar-refractivity contribution in [1.82, 2.24) is 0 Å². The van der Waals surface area contributed by atoms with Gasteiger partial charge in [-0.2, -0.15) is 0 Å². The van der Waals surface area contributed by atoms with Crippen molar-refractivity contribution >= 4 is 17.9 Å². The molecule has 0 aliphatic rings. The molecule has 0 aromatic rings. The molecule has 0 saturated carbocycles. The van der Waals surface area contributed by atoms with Crippen molar-refractivity contribution in [3.8, 4) is 0 Å². The highest BCUT2D eigenvalue weighted by molar-refractivity contribution is 5.71. The van der Waals surface area contributed by atoms with Gasteiger partial charge in [-0.25, -0.2) is 4.79 Å². The van der Waals surface area contributed by atoms with Gasteiger partial charge in [-0.15, -0.1) is 0 Å². The first-order valence-electron chi connectivity index (χ1n) is 44.7. The maximum absolute atomic E-state index is 13.0. The largest absolute Gasteiger partial charge is 0.477 e. The smallest absolute Gasteiger partial charge is 0.361 e. The molecule has 0 saturated heterocycles. The summed E-state index contributed by atoms with van der Waals surface area (Å²) >= 11 is 0. The fourth-order valence-corrected chi connectivity index (χ4v) is 13.0. The van der Waals surface area contributed by atoms with Crippen LogP contribution >= 0.6 is 0 Å². The number of unbranched alkanes of at least 4 members (excludes halogenated alkanes) is 48. The summed E-state index contributed by atoms with van der Waals surface area (Å²) < 4.78 is 23.1. The van der Waals surface area contributed by atoms with E-state index in [2.05, 4.69) is 135 Å². The van der Waals surface area contributed by atoms with E-state index in [0.717, 1.165) is 109 Å². The zero-order valence-electron chi connectivity index (χ0n) is 69.6. The fraction of sp³-hybridized carbons (Fsp3) is 0.760. The molecule has 606 valence electrons. The average molecular weight is 1470 g/mol. The number of carbonyl (C=O) groups excluding carboxylic acids is 2. The van der Waals surface area contributed by atoms with Crippen LogP contribution in [0.3, 0.4) is 0 Å². The Kier molecular flexibility index (Phi) is 81.8. The van der Waals surface area contributed by atoms with Gasteiger partial charge in [0, 0.05) is 12.8 Å². The van der Waals surface area contributed by atoms with E-state index in [1.54, 1.807) is 0 Å². The van der Waals surface area contributed by atoms with E-state index in [0.29, 0.717) is 23.9 Å². The molecular formula is C96H170NO8+. The monoisotopic (exact) mass is 1470 g/mol. The summed E-state index contributed by atoms with van der Waals surface area (Å²) in [5.41, 5.74) is 0. The molecule has 9 heteroatoms. The van der Waals surface area contributed by atoms with E-state index in [1.165, 1.54) is 270 Å². The van der Waals surface area contributed by atoms with Crippen molar-refractivity contribution in [3.05, 3.63) is 122 Å². The van der Waals surface area contributed by atoms with Crippen molar-refractivity contribution in [2.45, 2.75) is 424 Å². The summed E-state index contributed by atoms with van der Waals surface area (Å²) in [5.74, 6) is -2.00. The van der Waals surface area contributed by atoms with Crippen molar-refractivity contribution in [2.24, 2.45) is 0 Å². The molecule has 0 aliphatic carbocycles. The van der Waals surface area contributed by atoms with Crippen LogP contribution in [0.25, 0.3) is 0 Å². The van der Waals surface area contributed by atoms with E-state index < -0.39 is 24.3 Å². The Morgan fingerprint density at radius 3 is 0.810 bits per heavy atom. The minimum absolute atomic E-state index is 0.184. The highest BCUT2D eigenvalue weighted by Crippen LogP contribution is 2.20. The third-order valence-corrected chi connectivity index (χ3v) is 19.7. The second-order valence-electron chi connectivity index (χ2n) is 31.2. The van der Waals surface area contributed by atoms with Gasteiger partial charge >= 0.3 is 17.9 Å². The van der Waals surface area contributed by atoms with Gasteiger partial charge in [-0.3, -0.25) is 9.59 Å². The third-order valence-electron chi connectivity index (χ3n) is 19.7. The third kappa shape index (κ3) is 86.8. The lowest BCUT2D eigenvalue weighted by molar-refractivity contribution is -0.870. The number of carbonyl (C=O) groups is 3. The summed E-state index contributed by atoms with van der Waals surface area (Å²) in [6.45, 7) is 4.81. The summed E-state index contributed by atoms with van der Waals surface area (Å²) in [6.07, 6.45) is 120. The van der Waals surface area contributed by atoms with Crippen LogP contribution in [-0.2, 0) is 33.3 Å². The molecule has 0 spiro atoms. The maximum atomic E-state index is 13.0. The molecule has 2 atom stereocenters. The average Bonchev–Trinajstić information content (AvgIpc) is 1.18. The molecule has 0 rings (SSSR count). The first-order valence-corrected chi connectivity index (χ1v) is 44.7. The number of rotatable bonds is 83. The minimum atomic E-state index is -1.52. The molecule has 0 heterocycles. The Balaban J connectivity index is 3.99. The van der Waals surface area contributed by atoms with Crippen LogP contribution in [0.2, 0.25) is 0 Å². The van der Waals surface area contributed by atoms with Crippen LogP contribution in [0.4, 0.5) is 0 Å². The zero-order chi connectivity index (χ0) is 76.0. The van der Waals surface area contributed by atoms with Gasteiger partial charge in [-0.1, -0.05) is 431 Å². The number of carboxylic acid groups (broad SMARTS) is 1. The maximum Gasteiger partial charge on any atom is 0.361 e. The Morgan fingerprint density at radius 1 is 0.295 bits per heavy atom. The number of esters is 2. The normalized spacial score (nSPS) is 13.2. The number of hydrogen-bond donors (Lipinski definition) is 1. The van der Waals surface area contributed by atoms with Crippen molar-refractivity contribution in [3.63, 3.8) is 0 Å². The van der Waals surface area contributed by atoms with Gasteiger partial charge in [0.2, 0.25) is 0 Å². The van der Waals surface area contributed by atoms with Gasteiger partial charge in [0.25, 0.3) is 6.29 Å². The molecule has 0 radical (unpaired) electrons. The number of aliphatic carboxylic acids is 1. The summed E-state index contributed by atoms with van der Waals surface area (Å²) in [4.78, 5) is 37.8. The number of quaternary nitrogens is 1. The minimum Gasteiger partial charge on any atom is -0.477 e. The van der Waals surface area contributed by atoms with Crippen LogP contribution < -0.4 is 0 Å². The fourth-order valence-electron chi connectivity index (χ4n) is 13.0. The molecule has 2 unspecified atom stereocenters. The molecule has 0 aromatic carbocycles. The zero-order valence-corrected chi connectivity index (χ0v) is 69.6. The molecule has 0 aliphatic heterocycles. The predicted molar refractivity (Wildman–Crippen MR) is 456 cm³/mol.